The molecule has 4 aliphatic heterocycles. The van der Waals surface area contributed by atoms with Crippen LogP contribution in [0.3, 0.4) is 0 Å². The summed E-state index contributed by atoms with van der Waals surface area (Å²) in [6.45, 7) is 16.0. The first-order chi connectivity index (χ1) is 49.2. The number of aromatic nitrogens is 8. The number of aryl methyl sites for hydroxylation is 2. The number of rotatable bonds is 23. The van der Waals surface area contributed by atoms with Crippen molar-refractivity contribution in [1.82, 2.24) is 49.3 Å². The molecule has 6 aromatic carbocycles. The smallest absolute Gasteiger partial charge is 0.280 e. The first-order valence-electron chi connectivity index (χ1n) is 32.7. The molecular weight excluding hydrogens is 1320 g/mol. The van der Waals surface area contributed by atoms with Crippen molar-refractivity contribution in [3.05, 3.63) is 156 Å². The molecule has 0 bridgehead atoms. The predicted molar refractivity (Wildman–Crippen MR) is 359 cm³/mol. The van der Waals surface area contributed by atoms with Crippen LogP contribution in [0.15, 0.2) is 110 Å². The van der Waals surface area contributed by atoms with Gasteiger partial charge in [-0.15, -0.1) is 0 Å². The summed E-state index contributed by atoms with van der Waals surface area (Å²) in [5.74, 6) is -0.890. The fourth-order valence-electron chi connectivity index (χ4n) is 11.7. The lowest BCUT2D eigenvalue weighted by atomic mass is 10.1. The normalized spacial score (nSPS) is 14.4. The Labute approximate surface area is 575 Å². The number of benzene rings is 6. The van der Waals surface area contributed by atoms with Gasteiger partial charge in [0.05, 0.1) is 88.2 Å². The Morgan fingerprint density at radius 3 is 1.36 bits per heavy atom. The van der Waals surface area contributed by atoms with E-state index in [4.69, 9.17) is 56.8 Å². The summed E-state index contributed by atoms with van der Waals surface area (Å²) >= 11 is 0. The van der Waals surface area contributed by atoms with E-state index < -0.39 is 29.3 Å². The standard InChI is InChI=1S/C36H36F2N6O7.C35H34F2N6O7/c1-3-47-30-20-44(27-7-5-23(37)17-22(27)2)42-32(30)35(45)41-24-6-8-28(25(38)18-24)51-36-31-26(39-21-40-36)19-29(33-34(31)50-16-15-49-33)48-12-4-9-43-10-13-46-14-11-43;1-21-16-22(36)4-6-26(21)43-19-29(45-2)31(41-43)34(44)40-23-5-7-27(24(37)17-23)50-35-30-25(38-20-39-35)18-28(32-33(30)49-15-14-48-32)47-11-3-8-42-9-12-46-13-10-42/h5-8,17-21H,3-4,9-16H2,1-2H3,(H,41,45);4-7,16-20H,3,8-15H2,1-2H3,(H,40,44). The molecule has 2 saturated heterocycles. The number of amides is 2. The number of methoxy groups -OCH3 is 1. The highest BCUT2D eigenvalue weighted by Crippen LogP contribution is 2.50. The number of carbonyl (C=O) groups excluding carboxylic acids is 2. The second-order valence-electron chi connectivity index (χ2n) is 23.4. The van der Waals surface area contributed by atoms with Gasteiger partial charge in [-0.2, -0.15) is 10.2 Å². The van der Waals surface area contributed by atoms with Gasteiger partial charge in [-0.25, -0.2) is 46.9 Å². The highest BCUT2D eigenvalue weighted by atomic mass is 19.1. The van der Waals surface area contributed by atoms with Gasteiger partial charge in [-0.3, -0.25) is 19.4 Å². The van der Waals surface area contributed by atoms with E-state index in [-0.39, 0.29) is 83.2 Å². The fraction of sp³-hybridized carbons (Fsp3) is 0.324. The maximum Gasteiger partial charge on any atom is 0.280 e. The van der Waals surface area contributed by atoms with Crippen molar-refractivity contribution in [2.75, 3.05) is 130 Å². The summed E-state index contributed by atoms with van der Waals surface area (Å²) in [5.41, 5.74) is 3.52. The molecule has 14 rings (SSSR count). The Morgan fingerprint density at radius 1 is 0.495 bits per heavy atom. The lowest BCUT2D eigenvalue weighted by Crippen LogP contribution is -2.37. The summed E-state index contributed by atoms with van der Waals surface area (Å²) in [6.07, 6.45) is 7.29. The van der Waals surface area contributed by atoms with Crippen LogP contribution >= 0.6 is 0 Å². The molecule has 526 valence electrons. The van der Waals surface area contributed by atoms with E-state index in [1.807, 2.05) is 0 Å². The highest BCUT2D eigenvalue weighted by molar-refractivity contribution is 6.05. The molecule has 2 fully saturated rings. The lowest BCUT2D eigenvalue weighted by molar-refractivity contribution is 0.0356. The van der Waals surface area contributed by atoms with Gasteiger partial charge in [0.25, 0.3) is 11.8 Å². The van der Waals surface area contributed by atoms with Crippen molar-refractivity contribution in [2.45, 2.75) is 33.6 Å². The van der Waals surface area contributed by atoms with Crippen molar-refractivity contribution >= 4 is 45.0 Å². The highest BCUT2D eigenvalue weighted by Gasteiger charge is 2.30. The molecule has 4 aromatic heterocycles. The van der Waals surface area contributed by atoms with E-state index in [1.54, 1.807) is 45.0 Å². The SMILES string of the molecule is CCOc1cn(-c2ccc(F)cc2C)nc1C(=O)Nc1ccc(Oc2ncnc3cc(OCCCN4CCOCC4)c4c(c23)OCCO4)c(F)c1.COc1cn(-c2ccc(F)cc2C)nc1C(=O)Nc1ccc(Oc2ncnc3cc(OCCCN4CCOCC4)c4c(c23)OCCO4)c(F)c1. The number of ether oxygens (including phenoxy) is 12. The second kappa shape index (κ2) is 31.4. The summed E-state index contributed by atoms with van der Waals surface area (Å²) in [5, 5.41) is 14.8. The maximum atomic E-state index is 15.5. The number of nitrogens with zero attached hydrogens (tertiary/aromatic N) is 10. The van der Waals surface area contributed by atoms with Gasteiger partial charge in [0.15, 0.2) is 69.0 Å². The molecule has 0 unspecified atom stereocenters. The molecule has 0 atom stereocenters. The minimum atomic E-state index is -0.764. The van der Waals surface area contributed by atoms with E-state index in [9.17, 15) is 18.4 Å². The van der Waals surface area contributed by atoms with Crippen LogP contribution in [-0.4, -0.2) is 180 Å². The molecule has 26 nitrogen and oxygen atoms in total. The maximum absolute atomic E-state index is 15.5. The monoisotopic (exact) mass is 1390 g/mol. The number of hydrogen-bond donors (Lipinski definition) is 2. The van der Waals surface area contributed by atoms with E-state index in [2.05, 4.69) is 50.6 Å². The number of fused-ring (bicyclic) bond motifs is 6. The minimum Gasteiger partial charge on any atom is -0.493 e. The number of anilines is 2. The fourth-order valence-corrected chi connectivity index (χ4v) is 11.7. The Bertz CT molecular complexity index is 4670. The molecule has 10 aromatic rings. The van der Waals surface area contributed by atoms with Crippen LogP contribution in [0.1, 0.15) is 51.9 Å². The average molecular weight is 1390 g/mol. The molecular formula is C71H70F4N12O14. The van der Waals surface area contributed by atoms with Crippen molar-refractivity contribution in [2.24, 2.45) is 0 Å². The van der Waals surface area contributed by atoms with Crippen LogP contribution in [0.2, 0.25) is 0 Å². The number of nitrogens with one attached hydrogen (secondary N) is 2. The minimum absolute atomic E-state index is 0.0267. The van der Waals surface area contributed by atoms with Crippen LogP contribution < -0.4 is 58.0 Å². The summed E-state index contributed by atoms with van der Waals surface area (Å²) in [7, 11) is 1.40. The number of hydrogen-bond acceptors (Lipinski definition) is 22. The van der Waals surface area contributed by atoms with Gasteiger partial charge in [0.1, 0.15) is 61.5 Å². The van der Waals surface area contributed by atoms with Crippen molar-refractivity contribution in [1.29, 1.82) is 0 Å². The molecule has 0 aliphatic carbocycles. The zero-order valence-electron chi connectivity index (χ0n) is 55.5. The zero-order valence-corrected chi connectivity index (χ0v) is 55.5. The van der Waals surface area contributed by atoms with Gasteiger partial charge in [-0.1, -0.05) is 0 Å². The van der Waals surface area contributed by atoms with Crippen LogP contribution in [-0.2, 0) is 9.47 Å². The van der Waals surface area contributed by atoms with E-state index in [0.717, 1.165) is 90.7 Å². The summed E-state index contributed by atoms with van der Waals surface area (Å²) in [6, 6.07) is 19.8. The van der Waals surface area contributed by atoms with Crippen LogP contribution in [0, 0.1) is 37.1 Å². The molecule has 2 N–H and O–H groups in total. The van der Waals surface area contributed by atoms with Gasteiger partial charge in [-0.05, 0) is 105 Å². The number of halogens is 4. The molecule has 101 heavy (non-hydrogen) atoms. The van der Waals surface area contributed by atoms with Crippen molar-refractivity contribution < 1.29 is 84.0 Å². The molecule has 2 amide bonds. The summed E-state index contributed by atoms with van der Waals surface area (Å²) in [4.78, 5) is 48.5. The molecule has 30 heteroatoms. The third kappa shape index (κ3) is 15.8. The lowest BCUT2D eigenvalue weighted by Gasteiger charge is -2.26. The number of carbonyl (C=O) groups is 2. The second-order valence-corrected chi connectivity index (χ2v) is 23.4. The van der Waals surface area contributed by atoms with Crippen molar-refractivity contribution in [3.8, 4) is 80.6 Å². The Morgan fingerprint density at radius 2 is 0.931 bits per heavy atom. The van der Waals surface area contributed by atoms with Crippen LogP contribution in [0.5, 0.6) is 69.3 Å². The van der Waals surface area contributed by atoms with E-state index >= 15 is 8.78 Å². The molecule has 0 radical (unpaired) electrons. The van der Waals surface area contributed by atoms with Gasteiger partial charge >= 0.3 is 0 Å². The molecule has 8 heterocycles. The molecule has 0 spiro atoms. The Kier molecular flexibility index (Phi) is 21.3. The topological polar surface area (TPSA) is 263 Å². The largest absolute Gasteiger partial charge is 0.493 e. The van der Waals surface area contributed by atoms with E-state index in [0.29, 0.717) is 105 Å². The zero-order chi connectivity index (χ0) is 69.9. The Balaban J connectivity index is 0.000000181. The average Bonchev–Trinajstić information content (AvgIpc) is 1.63. The summed E-state index contributed by atoms with van der Waals surface area (Å²) < 4.78 is 131. The molecule has 4 aliphatic rings. The van der Waals surface area contributed by atoms with Crippen molar-refractivity contribution in [3.63, 3.8) is 0 Å². The van der Waals surface area contributed by atoms with E-state index in [1.165, 1.54) is 90.1 Å². The van der Waals surface area contributed by atoms with Gasteiger partial charge < -0.3 is 67.5 Å². The van der Waals surface area contributed by atoms with Crippen LogP contribution in [0.4, 0.5) is 28.9 Å². The van der Waals surface area contributed by atoms with Gasteiger partial charge in [0.2, 0.25) is 23.3 Å². The molecule has 0 saturated carbocycles. The quantitative estimate of drug-likeness (QED) is 0.0445. The predicted octanol–water partition coefficient (Wildman–Crippen LogP) is 11.0. The first-order valence-corrected chi connectivity index (χ1v) is 32.7. The number of morpholine rings is 2. The third-order valence-electron chi connectivity index (χ3n) is 16.6. The Hall–Kier alpha value is -11.1. The third-order valence-corrected chi connectivity index (χ3v) is 16.6. The van der Waals surface area contributed by atoms with Gasteiger partial charge in [0, 0.05) is 74.9 Å². The van der Waals surface area contributed by atoms with Crippen LogP contribution in [0.25, 0.3) is 33.2 Å². The first kappa shape index (κ1) is 68.4.